The van der Waals surface area contributed by atoms with Crippen molar-refractivity contribution < 1.29 is 9.53 Å². The second-order valence-corrected chi connectivity index (χ2v) is 8.88. The summed E-state index contributed by atoms with van der Waals surface area (Å²) in [4.78, 5) is 26.7. The van der Waals surface area contributed by atoms with E-state index in [1.165, 1.54) is 0 Å². The van der Waals surface area contributed by atoms with Gasteiger partial charge in [-0.05, 0) is 54.7 Å². The number of hydrogen-bond donors (Lipinski definition) is 2. The van der Waals surface area contributed by atoms with Gasteiger partial charge >= 0.3 is 0 Å². The Labute approximate surface area is 204 Å². The monoisotopic (exact) mass is 480 g/mol. The molecule has 1 fully saturated rings. The number of pyridine rings is 1. The zero-order chi connectivity index (χ0) is 22.8. The summed E-state index contributed by atoms with van der Waals surface area (Å²) in [6.07, 6.45) is 7.75. The summed E-state index contributed by atoms with van der Waals surface area (Å²) in [5.74, 6) is 2.29. The van der Waals surface area contributed by atoms with Crippen LogP contribution in [0.25, 0.3) is 0 Å². The lowest BCUT2D eigenvalue weighted by molar-refractivity contribution is -0.127. The predicted molar refractivity (Wildman–Crippen MR) is 134 cm³/mol. The Morgan fingerprint density at radius 2 is 2.06 bits per heavy atom. The van der Waals surface area contributed by atoms with E-state index < -0.39 is 0 Å². The first-order valence-electron chi connectivity index (χ1n) is 11.1. The number of rotatable bonds is 3. The molecular weight excluding hydrogens is 452 g/mol. The normalized spacial score (nSPS) is 16.6. The van der Waals surface area contributed by atoms with Crippen molar-refractivity contribution in [3.05, 3.63) is 59.0 Å². The largest absolute Gasteiger partial charge is 0.493 e. The van der Waals surface area contributed by atoms with Gasteiger partial charge in [0.2, 0.25) is 11.9 Å². The van der Waals surface area contributed by atoms with Crippen molar-refractivity contribution in [2.45, 2.75) is 33.6 Å². The van der Waals surface area contributed by atoms with Crippen molar-refractivity contribution in [3.63, 3.8) is 0 Å². The maximum Gasteiger partial charge on any atom is 0.229 e. The first kappa shape index (κ1) is 23.8. The molecule has 3 aromatic rings. The zero-order valence-electron chi connectivity index (χ0n) is 18.3. The highest BCUT2D eigenvalue weighted by atomic mass is 35.5. The minimum Gasteiger partial charge on any atom is -0.493 e. The second-order valence-electron chi connectivity index (χ2n) is 8.48. The van der Waals surface area contributed by atoms with Crippen molar-refractivity contribution in [3.8, 4) is 5.75 Å². The number of likely N-dealkylation sites (tertiary alicyclic amines) is 1. The summed E-state index contributed by atoms with van der Waals surface area (Å²) in [5.41, 5.74) is 3.88. The number of nitrogens with one attached hydrogen (secondary N) is 2. The highest BCUT2D eigenvalue weighted by molar-refractivity contribution is 6.32. The van der Waals surface area contributed by atoms with Gasteiger partial charge < -0.3 is 20.3 Å². The Morgan fingerprint density at radius 1 is 1.18 bits per heavy atom. The number of carbonyl (C=O) groups excluding carboxylic acids is 1. The van der Waals surface area contributed by atoms with E-state index in [-0.39, 0.29) is 13.3 Å². The van der Waals surface area contributed by atoms with Crippen LogP contribution in [0.2, 0.25) is 5.02 Å². The smallest absolute Gasteiger partial charge is 0.229 e. The number of benzene rings is 1. The molecule has 0 spiro atoms. The number of amides is 1. The van der Waals surface area contributed by atoms with Gasteiger partial charge in [-0.25, -0.2) is 4.98 Å². The summed E-state index contributed by atoms with van der Waals surface area (Å²) in [6.45, 7) is 3.77. The molecule has 2 aliphatic rings. The Hall–Kier alpha value is -3.39. The highest BCUT2D eigenvalue weighted by Crippen LogP contribution is 2.31. The number of anilines is 4. The molecule has 0 radical (unpaired) electrons. The van der Waals surface area contributed by atoms with Gasteiger partial charge in [0.25, 0.3) is 0 Å². The first-order valence-corrected chi connectivity index (χ1v) is 11.4. The number of aryl methyl sites for hydroxylation is 2. The number of halogens is 1. The van der Waals surface area contributed by atoms with E-state index >= 15 is 0 Å². The quantitative estimate of drug-likeness (QED) is 0.545. The van der Waals surface area contributed by atoms with Crippen LogP contribution in [-0.2, 0) is 17.6 Å². The average Bonchev–Trinajstić information content (AvgIpc) is 3.29. The summed E-state index contributed by atoms with van der Waals surface area (Å²) in [6, 6.07) is 8.07. The van der Waals surface area contributed by atoms with Crippen LogP contribution in [0, 0.1) is 5.92 Å². The molecule has 6 bridgehead atoms. The van der Waals surface area contributed by atoms with Crippen molar-refractivity contribution in [1.29, 1.82) is 0 Å². The molecule has 1 saturated heterocycles. The molecule has 9 heteroatoms. The van der Waals surface area contributed by atoms with Crippen molar-refractivity contribution in [2.24, 2.45) is 5.92 Å². The summed E-state index contributed by atoms with van der Waals surface area (Å²) >= 11 is 6.34. The third-order valence-electron chi connectivity index (χ3n) is 6.01. The Kier molecular flexibility index (Phi) is 7.17. The number of aromatic nitrogens is 3. The molecule has 1 atom stereocenters. The van der Waals surface area contributed by atoms with Crippen LogP contribution >= 0.6 is 11.6 Å². The van der Waals surface area contributed by atoms with Crippen LogP contribution in [0.4, 0.5) is 23.1 Å². The molecule has 34 heavy (non-hydrogen) atoms. The molecule has 2 aromatic heterocycles. The van der Waals surface area contributed by atoms with E-state index in [1.54, 1.807) is 19.3 Å². The molecule has 0 saturated carbocycles. The topological polar surface area (TPSA) is 92.3 Å². The molecule has 8 nitrogen and oxygen atoms in total. The van der Waals surface area contributed by atoms with E-state index in [1.807, 2.05) is 23.2 Å². The molecule has 5 rings (SSSR count). The van der Waals surface area contributed by atoms with E-state index in [9.17, 15) is 4.79 Å². The standard InChI is InChI=1S/C24H25ClN6O2.CH4/c1-15(32)31-7-6-17(13-31)14-33-22-5-4-19-9-18(22)3-2-16-8-20(11-26-10-16)29-24-27-12-21(25)23(28-19)30-24;/h4-5,8-12,17H,2-3,6-7,13-14H2,1H3,(H2,27,28,29,30);1H4. The minimum absolute atomic E-state index is 0. The lowest BCUT2D eigenvalue weighted by Gasteiger charge is -2.17. The third-order valence-corrected chi connectivity index (χ3v) is 6.28. The van der Waals surface area contributed by atoms with Gasteiger partial charge in [0.05, 0.1) is 24.7 Å². The molecule has 1 aromatic carbocycles. The molecule has 4 heterocycles. The molecule has 1 unspecified atom stereocenters. The SMILES string of the molecule is C.CC(=O)N1CCC(COc2ccc3cc2CCc2cncc(c2)Nc2ncc(Cl)c(n2)N3)C1. The molecule has 1 amide bonds. The van der Waals surface area contributed by atoms with Gasteiger partial charge in [-0.1, -0.05) is 19.0 Å². The maximum atomic E-state index is 11.6. The number of hydrogen-bond acceptors (Lipinski definition) is 7. The van der Waals surface area contributed by atoms with Crippen LogP contribution in [0.15, 0.2) is 42.9 Å². The van der Waals surface area contributed by atoms with E-state index in [0.717, 1.165) is 60.6 Å². The van der Waals surface area contributed by atoms with E-state index in [4.69, 9.17) is 16.3 Å². The Morgan fingerprint density at radius 3 is 2.88 bits per heavy atom. The minimum atomic E-state index is 0. The van der Waals surface area contributed by atoms with Gasteiger partial charge in [0.15, 0.2) is 5.82 Å². The second kappa shape index (κ2) is 10.3. The highest BCUT2D eigenvalue weighted by Gasteiger charge is 2.25. The average molecular weight is 481 g/mol. The third kappa shape index (κ3) is 5.39. The van der Waals surface area contributed by atoms with Crippen LogP contribution in [0.3, 0.4) is 0 Å². The fraction of sp³-hybridized carbons (Fsp3) is 0.360. The van der Waals surface area contributed by atoms with Gasteiger partial charge in [0, 0.05) is 37.8 Å². The van der Waals surface area contributed by atoms with Crippen molar-refractivity contribution >= 4 is 40.6 Å². The molecule has 178 valence electrons. The Balaban J connectivity index is 0.00000274. The molecular formula is C25H29ClN6O2. The van der Waals surface area contributed by atoms with Gasteiger partial charge in [-0.3, -0.25) is 9.78 Å². The number of nitrogens with zero attached hydrogens (tertiary/aromatic N) is 4. The maximum absolute atomic E-state index is 11.6. The lowest BCUT2D eigenvalue weighted by Crippen LogP contribution is -2.27. The predicted octanol–water partition coefficient (Wildman–Crippen LogP) is 4.99. The molecule has 2 aliphatic heterocycles. The fourth-order valence-corrected chi connectivity index (χ4v) is 4.35. The van der Waals surface area contributed by atoms with E-state index in [0.29, 0.717) is 29.3 Å². The van der Waals surface area contributed by atoms with Gasteiger partial charge in [-0.2, -0.15) is 4.98 Å². The van der Waals surface area contributed by atoms with Gasteiger partial charge in [-0.15, -0.1) is 0 Å². The number of fused-ring (bicyclic) bond motifs is 6. The summed E-state index contributed by atoms with van der Waals surface area (Å²) in [7, 11) is 0. The van der Waals surface area contributed by atoms with Crippen LogP contribution in [-0.4, -0.2) is 45.5 Å². The van der Waals surface area contributed by atoms with Crippen molar-refractivity contribution in [2.75, 3.05) is 30.3 Å². The van der Waals surface area contributed by atoms with Gasteiger partial charge in [0.1, 0.15) is 10.8 Å². The summed E-state index contributed by atoms with van der Waals surface area (Å²) in [5, 5.41) is 6.93. The van der Waals surface area contributed by atoms with E-state index in [2.05, 4.69) is 37.7 Å². The number of ether oxygens (including phenoxy) is 1. The molecule has 0 aliphatic carbocycles. The van der Waals surface area contributed by atoms with Crippen LogP contribution in [0.1, 0.15) is 31.9 Å². The van der Waals surface area contributed by atoms with Crippen molar-refractivity contribution in [1.82, 2.24) is 19.9 Å². The van der Waals surface area contributed by atoms with Crippen LogP contribution < -0.4 is 15.4 Å². The zero-order valence-corrected chi connectivity index (χ0v) is 19.1. The van der Waals surface area contributed by atoms with Crippen LogP contribution in [0.5, 0.6) is 5.75 Å². The summed E-state index contributed by atoms with van der Waals surface area (Å²) < 4.78 is 6.26. The number of carbonyl (C=O) groups is 1. The Bertz CT molecular complexity index is 1190. The molecule has 2 N–H and O–H groups in total. The lowest BCUT2D eigenvalue weighted by atomic mass is 10.0. The fourth-order valence-electron chi connectivity index (χ4n) is 4.21. The first-order chi connectivity index (χ1) is 16.0.